The molecule has 0 atom stereocenters. The summed E-state index contributed by atoms with van der Waals surface area (Å²) in [7, 11) is 0. The van der Waals surface area contributed by atoms with Crippen LogP contribution in [0.3, 0.4) is 0 Å². The molecule has 0 unspecified atom stereocenters. The number of nitriles is 1. The lowest BCUT2D eigenvalue weighted by Crippen LogP contribution is -2.15. The van der Waals surface area contributed by atoms with Crippen molar-refractivity contribution < 1.29 is 19.2 Å². The fourth-order valence-electron chi connectivity index (χ4n) is 2.30. The van der Waals surface area contributed by atoms with E-state index in [9.17, 15) is 15.2 Å². The number of benzene rings is 2. The van der Waals surface area contributed by atoms with Crippen molar-refractivity contribution in [1.82, 2.24) is 5.16 Å². The van der Waals surface area contributed by atoms with Gasteiger partial charge in [0.2, 0.25) is 0 Å². The maximum Gasteiger partial charge on any atom is 0.270 e. The summed E-state index contributed by atoms with van der Waals surface area (Å²) in [6.07, 6.45) is 1.24. The van der Waals surface area contributed by atoms with Gasteiger partial charge >= 0.3 is 0 Å². The Kier molecular flexibility index (Phi) is 5.19. The Hall–Kier alpha value is -4.05. The number of aryl methyl sites for hydroxylation is 1. The number of ether oxygens (including phenoxy) is 1. The molecule has 7 heteroatoms. The number of para-hydroxylation sites is 1. The summed E-state index contributed by atoms with van der Waals surface area (Å²) in [5.41, 5.74) is 0.197. The van der Waals surface area contributed by atoms with Crippen LogP contribution in [0.15, 0.2) is 70.9 Å². The number of aromatic nitrogens is 1. The van der Waals surface area contributed by atoms with Gasteiger partial charge in [-0.2, -0.15) is 5.26 Å². The van der Waals surface area contributed by atoms with Gasteiger partial charge in [0.05, 0.1) is 11.8 Å². The Morgan fingerprint density at radius 2 is 1.81 bits per heavy atom. The van der Waals surface area contributed by atoms with E-state index < -0.39 is 17.2 Å². The number of amides is 1. The van der Waals surface area contributed by atoms with E-state index in [1.165, 1.54) is 6.20 Å². The number of carbonyl (C=O) groups excluding carboxylic acids is 1. The number of nitrogens with zero attached hydrogens (tertiary/aromatic N) is 2. The van der Waals surface area contributed by atoms with E-state index in [1.807, 2.05) is 30.3 Å². The van der Waals surface area contributed by atoms with Gasteiger partial charge in [-0.05, 0) is 43.3 Å². The van der Waals surface area contributed by atoms with Crippen molar-refractivity contribution in [2.75, 3.05) is 5.32 Å². The minimum atomic E-state index is -0.743. The lowest BCUT2D eigenvalue weighted by molar-refractivity contribution is -0.112. The molecule has 3 rings (SSSR count). The molecule has 0 bridgehead atoms. The van der Waals surface area contributed by atoms with E-state index in [0.29, 0.717) is 22.9 Å². The van der Waals surface area contributed by atoms with Gasteiger partial charge in [0.25, 0.3) is 5.91 Å². The highest BCUT2D eigenvalue weighted by molar-refractivity contribution is 6.11. The maximum atomic E-state index is 12.3. The van der Waals surface area contributed by atoms with Crippen LogP contribution in [0.2, 0.25) is 0 Å². The number of aliphatic hydroxyl groups is 1. The van der Waals surface area contributed by atoms with Gasteiger partial charge in [0.15, 0.2) is 11.3 Å². The van der Waals surface area contributed by atoms with Crippen molar-refractivity contribution in [3.05, 3.63) is 77.7 Å². The molecule has 0 saturated carbocycles. The first-order valence-corrected chi connectivity index (χ1v) is 7.98. The number of anilines is 1. The second-order valence-corrected chi connectivity index (χ2v) is 5.52. The number of hydrogen-bond donors (Lipinski definition) is 2. The fraction of sp³-hybridized carbons (Fsp3) is 0.0500. The Balaban J connectivity index is 1.73. The summed E-state index contributed by atoms with van der Waals surface area (Å²) in [6.45, 7) is 1.57. The topological polar surface area (TPSA) is 108 Å². The molecule has 2 N–H and O–H groups in total. The Bertz CT molecular complexity index is 1020. The number of rotatable bonds is 5. The smallest absolute Gasteiger partial charge is 0.270 e. The molecule has 1 heterocycles. The molecule has 1 amide bonds. The zero-order valence-corrected chi connectivity index (χ0v) is 14.3. The molecule has 0 spiro atoms. The fourth-order valence-corrected chi connectivity index (χ4v) is 2.30. The first kappa shape index (κ1) is 17.8. The van der Waals surface area contributed by atoms with Gasteiger partial charge in [-0.1, -0.05) is 23.4 Å². The standard InChI is InChI=1S/C20H15N3O4/c1-13-18(12-22-27-13)19(24)17(11-21)20(25)23-14-7-9-16(10-8-14)26-15-5-3-2-4-6-15/h2-10,12,24H,1H3,(H,23,25)/b19-17-. The third-order valence-corrected chi connectivity index (χ3v) is 3.67. The molecule has 0 aliphatic heterocycles. The van der Waals surface area contributed by atoms with Crippen LogP contribution in [0.1, 0.15) is 11.3 Å². The summed E-state index contributed by atoms with van der Waals surface area (Å²) < 4.78 is 10.5. The highest BCUT2D eigenvalue weighted by Gasteiger charge is 2.20. The zero-order valence-electron chi connectivity index (χ0n) is 14.3. The third kappa shape index (κ3) is 4.14. The van der Waals surface area contributed by atoms with Crippen LogP contribution in [-0.4, -0.2) is 16.2 Å². The quantitative estimate of drug-likeness (QED) is 0.400. The molecule has 0 aliphatic rings. The first-order valence-electron chi connectivity index (χ1n) is 7.98. The van der Waals surface area contributed by atoms with Crippen LogP contribution < -0.4 is 10.1 Å². The molecule has 3 aromatic rings. The Labute approximate surface area is 155 Å². The predicted molar refractivity (Wildman–Crippen MR) is 98.0 cm³/mol. The van der Waals surface area contributed by atoms with E-state index in [1.54, 1.807) is 37.3 Å². The zero-order chi connectivity index (χ0) is 19.2. The van der Waals surface area contributed by atoms with E-state index in [0.717, 1.165) is 0 Å². The van der Waals surface area contributed by atoms with Crippen LogP contribution >= 0.6 is 0 Å². The molecular weight excluding hydrogens is 346 g/mol. The normalized spacial score (nSPS) is 11.3. The van der Waals surface area contributed by atoms with Crippen molar-refractivity contribution in [2.45, 2.75) is 6.92 Å². The van der Waals surface area contributed by atoms with Gasteiger partial charge in [0, 0.05) is 5.69 Å². The van der Waals surface area contributed by atoms with Gasteiger partial charge in [-0.15, -0.1) is 0 Å². The van der Waals surface area contributed by atoms with Crippen LogP contribution in [0.4, 0.5) is 5.69 Å². The molecular formula is C20H15N3O4. The summed E-state index contributed by atoms with van der Waals surface area (Å²) in [5.74, 6) is 0.358. The minimum Gasteiger partial charge on any atom is -0.506 e. The first-order chi connectivity index (χ1) is 13.1. The van der Waals surface area contributed by atoms with Crippen LogP contribution in [0.25, 0.3) is 5.76 Å². The Morgan fingerprint density at radius 3 is 2.41 bits per heavy atom. The predicted octanol–water partition coefficient (Wildman–Crippen LogP) is 4.21. The monoisotopic (exact) mass is 361 g/mol. The highest BCUT2D eigenvalue weighted by Crippen LogP contribution is 2.24. The van der Waals surface area contributed by atoms with E-state index in [2.05, 4.69) is 10.5 Å². The van der Waals surface area contributed by atoms with Gasteiger partial charge in [-0.3, -0.25) is 4.79 Å². The van der Waals surface area contributed by atoms with E-state index in [4.69, 9.17) is 9.26 Å². The molecule has 2 aromatic carbocycles. The summed E-state index contributed by atoms with van der Waals surface area (Å²) in [6, 6.07) is 17.6. The SMILES string of the molecule is Cc1oncc1/C(O)=C(\C#N)C(=O)Nc1ccc(Oc2ccccc2)cc1. The molecule has 0 fully saturated rings. The van der Waals surface area contributed by atoms with Gasteiger partial charge < -0.3 is 19.7 Å². The van der Waals surface area contributed by atoms with Crippen LogP contribution in [0.5, 0.6) is 11.5 Å². The number of hydrogen-bond acceptors (Lipinski definition) is 6. The lowest BCUT2D eigenvalue weighted by atomic mass is 10.1. The second-order valence-electron chi connectivity index (χ2n) is 5.52. The highest BCUT2D eigenvalue weighted by atomic mass is 16.5. The van der Waals surface area contributed by atoms with Gasteiger partial charge in [-0.25, -0.2) is 0 Å². The average Bonchev–Trinajstić information content (AvgIpc) is 3.10. The van der Waals surface area contributed by atoms with Gasteiger partial charge in [0.1, 0.15) is 23.3 Å². The molecule has 1 aromatic heterocycles. The minimum absolute atomic E-state index is 0.188. The molecule has 134 valence electrons. The van der Waals surface area contributed by atoms with E-state index in [-0.39, 0.29) is 5.56 Å². The van der Waals surface area contributed by atoms with Crippen molar-refractivity contribution in [3.63, 3.8) is 0 Å². The summed E-state index contributed by atoms with van der Waals surface area (Å²) >= 11 is 0. The number of carbonyl (C=O) groups is 1. The second kappa shape index (κ2) is 7.89. The molecule has 0 radical (unpaired) electrons. The van der Waals surface area contributed by atoms with E-state index >= 15 is 0 Å². The summed E-state index contributed by atoms with van der Waals surface area (Å²) in [4.78, 5) is 12.3. The Morgan fingerprint density at radius 1 is 1.15 bits per heavy atom. The van der Waals surface area contributed by atoms with Crippen LogP contribution in [0, 0.1) is 18.3 Å². The largest absolute Gasteiger partial charge is 0.506 e. The molecule has 27 heavy (non-hydrogen) atoms. The molecule has 0 saturated heterocycles. The number of nitrogens with one attached hydrogen (secondary N) is 1. The summed E-state index contributed by atoms with van der Waals surface area (Å²) in [5, 5.41) is 25.5. The molecule has 0 aliphatic carbocycles. The molecule has 7 nitrogen and oxygen atoms in total. The van der Waals surface area contributed by atoms with Crippen LogP contribution in [-0.2, 0) is 4.79 Å². The number of aliphatic hydroxyl groups excluding tert-OH is 1. The third-order valence-electron chi connectivity index (χ3n) is 3.67. The van der Waals surface area contributed by atoms with Crippen molar-refractivity contribution in [3.8, 4) is 17.6 Å². The van der Waals surface area contributed by atoms with Crippen molar-refractivity contribution in [2.24, 2.45) is 0 Å². The average molecular weight is 361 g/mol. The maximum absolute atomic E-state index is 12.3. The lowest BCUT2D eigenvalue weighted by Gasteiger charge is -2.08. The van der Waals surface area contributed by atoms with Crippen molar-refractivity contribution >= 4 is 17.4 Å². The van der Waals surface area contributed by atoms with Crippen molar-refractivity contribution in [1.29, 1.82) is 5.26 Å².